The number of aryl methyl sites for hydroxylation is 1. The summed E-state index contributed by atoms with van der Waals surface area (Å²) in [5.74, 6) is 1.40. The number of nitrogens with one attached hydrogen (secondary N) is 1. The number of nitrogens with zero attached hydrogens (tertiary/aromatic N) is 2. The predicted octanol–water partition coefficient (Wildman–Crippen LogP) is 4.05. The van der Waals surface area contributed by atoms with Crippen LogP contribution in [0.2, 0.25) is 5.02 Å². The molecule has 0 aliphatic heterocycles. The molecule has 1 N–H and O–H groups in total. The zero-order chi connectivity index (χ0) is 23.4. The van der Waals surface area contributed by atoms with Crippen molar-refractivity contribution >= 4 is 28.4 Å². The Bertz CT molecular complexity index is 1350. The van der Waals surface area contributed by atoms with E-state index in [1.54, 1.807) is 68.6 Å². The molecule has 0 saturated heterocycles. The van der Waals surface area contributed by atoms with Crippen molar-refractivity contribution in [1.82, 2.24) is 14.9 Å². The van der Waals surface area contributed by atoms with Crippen LogP contribution in [0.3, 0.4) is 0 Å². The molecule has 4 rings (SSSR count). The zero-order valence-corrected chi connectivity index (χ0v) is 18.9. The van der Waals surface area contributed by atoms with E-state index in [-0.39, 0.29) is 18.1 Å². The SMILES string of the molecule is COc1ccc(-n2c(C)nc3ccc(OCC(=O)NCc4ccc(Cl)cc4)cc3c2=O)cc1. The van der Waals surface area contributed by atoms with Gasteiger partial charge in [-0.15, -0.1) is 0 Å². The van der Waals surface area contributed by atoms with Gasteiger partial charge in [-0.1, -0.05) is 23.7 Å². The highest BCUT2D eigenvalue weighted by atomic mass is 35.5. The van der Waals surface area contributed by atoms with Gasteiger partial charge in [-0.25, -0.2) is 4.98 Å². The molecule has 0 aliphatic carbocycles. The van der Waals surface area contributed by atoms with Crippen molar-refractivity contribution in [2.24, 2.45) is 0 Å². The first-order valence-corrected chi connectivity index (χ1v) is 10.6. The molecule has 4 aromatic rings. The molecule has 1 aromatic heterocycles. The molecule has 7 nitrogen and oxygen atoms in total. The second-order valence-electron chi connectivity index (χ2n) is 7.37. The average molecular weight is 464 g/mol. The number of halogens is 1. The number of amides is 1. The van der Waals surface area contributed by atoms with Gasteiger partial charge in [-0.3, -0.25) is 14.2 Å². The molecular weight excluding hydrogens is 442 g/mol. The number of carbonyl (C=O) groups excluding carboxylic acids is 1. The maximum atomic E-state index is 13.2. The summed E-state index contributed by atoms with van der Waals surface area (Å²) < 4.78 is 12.3. The van der Waals surface area contributed by atoms with Crippen LogP contribution in [0.1, 0.15) is 11.4 Å². The van der Waals surface area contributed by atoms with E-state index in [0.717, 1.165) is 5.56 Å². The lowest BCUT2D eigenvalue weighted by atomic mass is 10.2. The van der Waals surface area contributed by atoms with Crippen LogP contribution in [-0.2, 0) is 11.3 Å². The van der Waals surface area contributed by atoms with Gasteiger partial charge in [0.2, 0.25) is 0 Å². The molecule has 8 heteroatoms. The van der Waals surface area contributed by atoms with Gasteiger partial charge in [0.1, 0.15) is 17.3 Å². The summed E-state index contributed by atoms with van der Waals surface area (Å²) in [6.45, 7) is 1.97. The summed E-state index contributed by atoms with van der Waals surface area (Å²) in [7, 11) is 1.59. The van der Waals surface area contributed by atoms with Crippen LogP contribution in [0.5, 0.6) is 11.5 Å². The minimum absolute atomic E-state index is 0.176. The number of ether oxygens (including phenoxy) is 2. The summed E-state index contributed by atoms with van der Waals surface area (Å²) in [5, 5.41) is 3.83. The second-order valence-corrected chi connectivity index (χ2v) is 7.80. The van der Waals surface area contributed by atoms with Crippen LogP contribution >= 0.6 is 11.6 Å². The Labute approximate surface area is 195 Å². The maximum Gasteiger partial charge on any atom is 0.266 e. The van der Waals surface area contributed by atoms with E-state index in [0.29, 0.717) is 45.5 Å². The first-order chi connectivity index (χ1) is 15.9. The second kappa shape index (κ2) is 9.75. The van der Waals surface area contributed by atoms with Gasteiger partial charge in [-0.05, 0) is 67.1 Å². The van der Waals surface area contributed by atoms with E-state index in [9.17, 15) is 9.59 Å². The zero-order valence-electron chi connectivity index (χ0n) is 18.2. The standard InChI is InChI=1S/C25H22ClN3O4/c1-16-28-23-12-11-21(33-15-24(30)27-14-17-3-5-18(26)6-4-17)13-22(23)25(31)29(16)19-7-9-20(32-2)10-8-19/h3-13H,14-15H2,1-2H3,(H,27,30). The molecular formula is C25H22ClN3O4. The molecule has 0 bridgehead atoms. The van der Waals surface area contributed by atoms with E-state index in [1.807, 2.05) is 12.1 Å². The summed E-state index contributed by atoms with van der Waals surface area (Å²) in [6, 6.07) is 19.4. The quantitative estimate of drug-likeness (QED) is 0.447. The Kier molecular flexibility index (Phi) is 6.60. The van der Waals surface area contributed by atoms with E-state index >= 15 is 0 Å². The van der Waals surface area contributed by atoms with Crippen molar-refractivity contribution in [1.29, 1.82) is 0 Å². The van der Waals surface area contributed by atoms with Crippen molar-refractivity contribution in [3.8, 4) is 17.2 Å². The van der Waals surface area contributed by atoms with Crippen LogP contribution in [0.15, 0.2) is 71.5 Å². The fourth-order valence-corrected chi connectivity index (χ4v) is 3.53. The maximum absolute atomic E-state index is 13.2. The Morgan fingerprint density at radius 2 is 1.73 bits per heavy atom. The van der Waals surface area contributed by atoms with Gasteiger partial charge >= 0.3 is 0 Å². The number of carbonyl (C=O) groups is 1. The summed E-state index contributed by atoms with van der Waals surface area (Å²) in [4.78, 5) is 29.9. The third kappa shape index (κ3) is 5.15. The van der Waals surface area contributed by atoms with E-state index in [4.69, 9.17) is 21.1 Å². The third-order valence-corrected chi connectivity index (χ3v) is 5.36. The number of aromatic nitrogens is 2. The lowest BCUT2D eigenvalue weighted by Gasteiger charge is -2.12. The lowest BCUT2D eigenvalue weighted by Crippen LogP contribution is -2.28. The van der Waals surface area contributed by atoms with Gasteiger partial charge in [0, 0.05) is 11.6 Å². The molecule has 0 fully saturated rings. The molecule has 168 valence electrons. The Morgan fingerprint density at radius 3 is 2.42 bits per heavy atom. The predicted molar refractivity (Wildman–Crippen MR) is 127 cm³/mol. The summed E-state index contributed by atoms with van der Waals surface area (Å²) in [6.07, 6.45) is 0. The van der Waals surface area contributed by atoms with Crippen LogP contribution in [-0.4, -0.2) is 29.2 Å². The molecule has 0 atom stereocenters. The number of hydrogen-bond donors (Lipinski definition) is 1. The molecule has 0 unspecified atom stereocenters. The molecule has 1 heterocycles. The smallest absolute Gasteiger partial charge is 0.266 e. The van der Waals surface area contributed by atoms with Crippen molar-refractivity contribution in [2.75, 3.05) is 13.7 Å². The number of rotatable bonds is 7. The van der Waals surface area contributed by atoms with Gasteiger partial charge in [0.05, 0.1) is 23.7 Å². The molecule has 0 saturated carbocycles. The highest BCUT2D eigenvalue weighted by molar-refractivity contribution is 6.30. The van der Waals surface area contributed by atoms with E-state index in [2.05, 4.69) is 10.3 Å². The number of benzene rings is 3. The number of fused-ring (bicyclic) bond motifs is 1. The summed E-state index contributed by atoms with van der Waals surface area (Å²) >= 11 is 5.87. The molecule has 1 amide bonds. The van der Waals surface area contributed by atoms with Crippen molar-refractivity contribution in [2.45, 2.75) is 13.5 Å². The monoisotopic (exact) mass is 463 g/mol. The van der Waals surface area contributed by atoms with Gasteiger partial charge in [0.25, 0.3) is 11.5 Å². The first kappa shape index (κ1) is 22.4. The normalized spacial score (nSPS) is 10.8. The largest absolute Gasteiger partial charge is 0.497 e. The lowest BCUT2D eigenvalue weighted by molar-refractivity contribution is -0.123. The molecule has 3 aromatic carbocycles. The van der Waals surface area contributed by atoms with Crippen LogP contribution in [0.4, 0.5) is 0 Å². The van der Waals surface area contributed by atoms with Gasteiger partial charge in [-0.2, -0.15) is 0 Å². The van der Waals surface area contributed by atoms with Crippen molar-refractivity contribution in [3.05, 3.63) is 93.5 Å². The number of hydrogen-bond acceptors (Lipinski definition) is 5. The van der Waals surface area contributed by atoms with Crippen molar-refractivity contribution < 1.29 is 14.3 Å². The van der Waals surface area contributed by atoms with Gasteiger partial charge < -0.3 is 14.8 Å². The van der Waals surface area contributed by atoms with Crippen LogP contribution in [0.25, 0.3) is 16.6 Å². The Morgan fingerprint density at radius 1 is 1.03 bits per heavy atom. The number of methoxy groups -OCH3 is 1. The average Bonchev–Trinajstić information content (AvgIpc) is 2.83. The third-order valence-electron chi connectivity index (χ3n) is 5.11. The highest BCUT2D eigenvalue weighted by Gasteiger charge is 2.12. The van der Waals surface area contributed by atoms with E-state index in [1.165, 1.54) is 4.57 Å². The highest BCUT2D eigenvalue weighted by Crippen LogP contribution is 2.20. The molecule has 0 aliphatic rings. The van der Waals surface area contributed by atoms with Crippen LogP contribution in [0, 0.1) is 6.92 Å². The fraction of sp³-hybridized carbons (Fsp3) is 0.160. The minimum Gasteiger partial charge on any atom is -0.497 e. The van der Waals surface area contributed by atoms with E-state index < -0.39 is 0 Å². The topological polar surface area (TPSA) is 82.4 Å². The molecule has 0 radical (unpaired) electrons. The van der Waals surface area contributed by atoms with Crippen LogP contribution < -0.4 is 20.3 Å². The minimum atomic E-state index is -0.275. The molecule has 33 heavy (non-hydrogen) atoms. The van der Waals surface area contributed by atoms with Gasteiger partial charge in [0.15, 0.2) is 6.61 Å². The molecule has 0 spiro atoms. The first-order valence-electron chi connectivity index (χ1n) is 10.3. The summed E-state index contributed by atoms with van der Waals surface area (Å²) in [5.41, 5.74) is 1.95. The fourth-order valence-electron chi connectivity index (χ4n) is 3.40. The Balaban J connectivity index is 1.50. The Hall–Kier alpha value is -3.84. The van der Waals surface area contributed by atoms with Crippen molar-refractivity contribution in [3.63, 3.8) is 0 Å².